The normalized spacial score (nSPS) is 17.0. The first-order chi connectivity index (χ1) is 12.4. The van der Waals surface area contributed by atoms with Gasteiger partial charge in [0.1, 0.15) is 0 Å². The summed E-state index contributed by atoms with van der Waals surface area (Å²) in [6.45, 7) is 10.9. The summed E-state index contributed by atoms with van der Waals surface area (Å²) >= 11 is 0. The van der Waals surface area contributed by atoms with E-state index in [2.05, 4.69) is 21.9 Å². The van der Waals surface area contributed by atoms with E-state index in [4.69, 9.17) is 4.98 Å². The molecule has 1 fully saturated rings. The molecule has 0 aromatic carbocycles. The highest BCUT2D eigenvalue weighted by atomic mass is 16.2. The lowest BCUT2D eigenvalue weighted by molar-refractivity contribution is -0.127. The van der Waals surface area contributed by atoms with E-state index in [1.54, 1.807) is 0 Å². The number of hydrogen-bond donors (Lipinski definition) is 1. The Kier molecular flexibility index (Phi) is 5.30. The topological polar surface area (TPSA) is 71.0 Å². The number of pyridine rings is 1. The molecule has 1 atom stereocenters. The van der Waals surface area contributed by atoms with Gasteiger partial charge in [0.25, 0.3) is 0 Å². The highest BCUT2D eigenvalue weighted by Gasteiger charge is 2.24. The Morgan fingerprint density at radius 3 is 2.54 bits per heavy atom. The molecule has 0 saturated carbocycles. The summed E-state index contributed by atoms with van der Waals surface area (Å²) in [5, 5.41) is 3.29. The predicted octanol–water partition coefficient (Wildman–Crippen LogP) is 3.43. The summed E-state index contributed by atoms with van der Waals surface area (Å²) in [4.78, 5) is 27.4. The Morgan fingerprint density at radius 1 is 1.15 bits per heavy atom. The van der Waals surface area contributed by atoms with Gasteiger partial charge in [-0.05, 0) is 57.9 Å². The van der Waals surface area contributed by atoms with Crippen molar-refractivity contribution in [2.75, 3.05) is 18.4 Å². The molecular weight excluding hydrogens is 326 g/mol. The molecule has 0 bridgehead atoms. The monoisotopic (exact) mass is 351 g/mol. The lowest BCUT2D eigenvalue weighted by Gasteiger charge is -2.32. The summed E-state index contributed by atoms with van der Waals surface area (Å²) in [6, 6.07) is 5.97. The Labute approximate surface area is 154 Å². The molecular formula is C20H25N5O. The van der Waals surface area contributed by atoms with Crippen LogP contribution < -0.4 is 5.32 Å². The third kappa shape index (κ3) is 4.25. The zero-order valence-corrected chi connectivity index (χ0v) is 15.6. The minimum absolute atomic E-state index is 0.00987. The number of carbonyl (C=O) groups is 1. The average molecular weight is 351 g/mol. The van der Waals surface area contributed by atoms with Gasteiger partial charge in [-0.15, -0.1) is 0 Å². The van der Waals surface area contributed by atoms with Gasteiger partial charge < -0.3 is 10.2 Å². The lowest BCUT2D eigenvalue weighted by Crippen LogP contribution is -2.38. The SMILES string of the molecule is C=CC(=O)N1CCC[C@@H](c2cc(Nc3nc(C)cc(C)n3)cc(C)n2)C1. The smallest absolute Gasteiger partial charge is 0.245 e. The Balaban J connectivity index is 1.83. The number of piperidine rings is 1. The van der Waals surface area contributed by atoms with E-state index in [0.717, 1.165) is 47.8 Å². The molecule has 3 heterocycles. The van der Waals surface area contributed by atoms with Crippen LogP contribution in [-0.4, -0.2) is 38.8 Å². The first kappa shape index (κ1) is 18.0. The van der Waals surface area contributed by atoms with E-state index in [1.165, 1.54) is 6.08 Å². The minimum Gasteiger partial charge on any atom is -0.339 e. The summed E-state index contributed by atoms with van der Waals surface area (Å²) in [7, 11) is 0. The van der Waals surface area contributed by atoms with Gasteiger partial charge >= 0.3 is 0 Å². The molecule has 136 valence electrons. The second kappa shape index (κ2) is 7.64. The Hall–Kier alpha value is -2.76. The van der Waals surface area contributed by atoms with Gasteiger partial charge in [-0.1, -0.05) is 6.58 Å². The van der Waals surface area contributed by atoms with Crippen LogP contribution in [0.25, 0.3) is 0 Å². The van der Waals surface area contributed by atoms with Crippen LogP contribution in [0.15, 0.2) is 30.9 Å². The van der Waals surface area contributed by atoms with Gasteiger partial charge in [0, 0.05) is 47.5 Å². The van der Waals surface area contributed by atoms with Crippen LogP contribution in [0.5, 0.6) is 0 Å². The van der Waals surface area contributed by atoms with Gasteiger partial charge in [0.05, 0.1) is 0 Å². The van der Waals surface area contributed by atoms with Crippen molar-refractivity contribution in [3.05, 3.63) is 53.6 Å². The number of nitrogens with zero attached hydrogens (tertiary/aromatic N) is 4. The molecule has 6 nitrogen and oxygen atoms in total. The van der Waals surface area contributed by atoms with Crippen molar-refractivity contribution < 1.29 is 4.79 Å². The number of amides is 1. The fourth-order valence-corrected chi connectivity index (χ4v) is 3.43. The standard InChI is InChI=1S/C20H25N5O/c1-5-19(26)25-8-6-7-16(12-25)18-11-17(10-15(4)21-18)24-20-22-13(2)9-14(3)23-20/h5,9-11,16H,1,6-8,12H2,2-4H3,(H,21,22,23,24)/t16-/m1/s1. The summed E-state index contributed by atoms with van der Waals surface area (Å²) in [5.74, 6) is 0.809. The quantitative estimate of drug-likeness (QED) is 0.855. The van der Waals surface area contributed by atoms with Crippen LogP contribution >= 0.6 is 0 Å². The molecule has 1 amide bonds. The number of nitrogens with one attached hydrogen (secondary N) is 1. The second-order valence-electron chi connectivity index (χ2n) is 6.85. The average Bonchev–Trinajstić information content (AvgIpc) is 2.59. The number of hydrogen-bond acceptors (Lipinski definition) is 5. The molecule has 26 heavy (non-hydrogen) atoms. The van der Waals surface area contributed by atoms with Gasteiger partial charge in [-0.2, -0.15) is 0 Å². The molecule has 6 heteroatoms. The minimum atomic E-state index is -0.00987. The van der Waals surface area contributed by atoms with Crippen molar-refractivity contribution in [1.82, 2.24) is 19.9 Å². The van der Waals surface area contributed by atoms with E-state index in [0.29, 0.717) is 12.5 Å². The Morgan fingerprint density at radius 2 is 1.85 bits per heavy atom. The molecule has 3 rings (SSSR count). The first-order valence-corrected chi connectivity index (χ1v) is 8.94. The van der Waals surface area contributed by atoms with E-state index in [1.807, 2.05) is 43.9 Å². The number of likely N-dealkylation sites (tertiary alicyclic amines) is 1. The molecule has 0 unspecified atom stereocenters. The second-order valence-corrected chi connectivity index (χ2v) is 6.85. The molecule has 0 aliphatic carbocycles. The third-order valence-electron chi connectivity index (χ3n) is 4.54. The Bertz CT molecular complexity index is 813. The van der Waals surface area contributed by atoms with Crippen molar-refractivity contribution in [1.29, 1.82) is 0 Å². The lowest BCUT2D eigenvalue weighted by atomic mass is 9.93. The largest absolute Gasteiger partial charge is 0.339 e. The fraction of sp³-hybridized carbons (Fsp3) is 0.400. The number of anilines is 2. The van der Waals surface area contributed by atoms with E-state index >= 15 is 0 Å². The maximum atomic E-state index is 11.9. The maximum absolute atomic E-state index is 11.9. The van der Waals surface area contributed by atoms with Crippen LogP contribution in [0.2, 0.25) is 0 Å². The number of carbonyl (C=O) groups excluding carboxylic acids is 1. The fourth-order valence-electron chi connectivity index (χ4n) is 3.43. The predicted molar refractivity (Wildman–Crippen MR) is 103 cm³/mol. The summed E-state index contributed by atoms with van der Waals surface area (Å²) < 4.78 is 0. The number of aromatic nitrogens is 3. The number of aryl methyl sites for hydroxylation is 3. The van der Waals surface area contributed by atoms with Crippen LogP contribution in [-0.2, 0) is 4.79 Å². The van der Waals surface area contributed by atoms with Gasteiger partial charge in [0.15, 0.2) is 0 Å². The van der Waals surface area contributed by atoms with E-state index in [-0.39, 0.29) is 11.8 Å². The van der Waals surface area contributed by atoms with Gasteiger partial charge in [0.2, 0.25) is 11.9 Å². The zero-order chi connectivity index (χ0) is 18.7. The molecule has 1 aliphatic heterocycles. The van der Waals surface area contributed by atoms with Gasteiger partial charge in [-0.3, -0.25) is 9.78 Å². The van der Waals surface area contributed by atoms with E-state index in [9.17, 15) is 4.79 Å². The highest BCUT2D eigenvalue weighted by Crippen LogP contribution is 2.28. The van der Waals surface area contributed by atoms with Crippen molar-refractivity contribution >= 4 is 17.5 Å². The first-order valence-electron chi connectivity index (χ1n) is 8.94. The summed E-state index contributed by atoms with van der Waals surface area (Å²) in [6.07, 6.45) is 3.39. The third-order valence-corrected chi connectivity index (χ3v) is 4.54. The molecule has 1 N–H and O–H groups in total. The maximum Gasteiger partial charge on any atom is 0.245 e. The van der Waals surface area contributed by atoms with E-state index < -0.39 is 0 Å². The van der Waals surface area contributed by atoms with Crippen molar-refractivity contribution in [3.8, 4) is 0 Å². The number of rotatable bonds is 4. The molecule has 0 spiro atoms. The van der Waals surface area contributed by atoms with Crippen LogP contribution in [0, 0.1) is 20.8 Å². The molecule has 1 aliphatic rings. The van der Waals surface area contributed by atoms with Crippen molar-refractivity contribution in [3.63, 3.8) is 0 Å². The van der Waals surface area contributed by atoms with Crippen molar-refractivity contribution in [2.24, 2.45) is 0 Å². The van der Waals surface area contributed by atoms with Gasteiger partial charge in [-0.25, -0.2) is 9.97 Å². The molecule has 0 radical (unpaired) electrons. The van der Waals surface area contributed by atoms with Crippen LogP contribution in [0.1, 0.15) is 41.5 Å². The van der Waals surface area contributed by atoms with Crippen molar-refractivity contribution in [2.45, 2.75) is 39.5 Å². The molecule has 2 aromatic heterocycles. The zero-order valence-electron chi connectivity index (χ0n) is 15.6. The molecule has 2 aromatic rings. The molecule has 1 saturated heterocycles. The van der Waals surface area contributed by atoms with Crippen LogP contribution in [0.4, 0.5) is 11.6 Å². The highest BCUT2D eigenvalue weighted by molar-refractivity contribution is 5.87. The summed E-state index contributed by atoms with van der Waals surface area (Å²) in [5.41, 5.74) is 4.71. The van der Waals surface area contributed by atoms with Crippen LogP contribution in [0.3, 0.4) is 0 Å².